The minimum Gasteiger partial charge on any atom is -0.0729 e. The summed E-state index contributed by atoms with van der Waals surface area (Å²) in [6.45, 7) is 6.72. The maximum atomic E-state index is 2.34. The van der Waals surface area contributed by atoms with E-state index in [9.17, 15) is 0 Å². The van der Waals surface area contributed by atoms with Crippen LogP contribution in [0.2, 0.25) is 0 Å². The van der Waals surface area contributed by atoms with E-state index in [1.54, 1.807) is 5.57 Å². The van der Waals surface area contributed by atoms with E-state index in [4.69, 9.17) is 0 Å². The zero-order chi connectivity index (χ0) is 9.42. The van der Waals surface area contributed by atoms with Crippen molar-refractivity contribution in [1.82, 2.24) is 0 Å². The Bertz CT molecular complexity index is 335. The number of hydrogen-bond acceptors (Lipinski definition) is 0. The standard InChI is InChI=1S/C13H16/c1-9(2)13-8-10(3)7-11-5-4-6-12(11)13/h4-9,12H,1-3H3. The lowest BCUT2D eigenvalue weighted by molar-refractivity contribution is 0.683. The van der Waals surface area contributed by atoms with Gasteiger partial charge >= 0.3 is 0 Å². The van der Waals surface area contributed by atoms with Crippen molar-refractivity contribution in [3.63, 3.8) is 0 Å². The van der Waals surface area contributed by atoms with Crippen molar-refractivity contribution in [2.24, 2.45) is 11.8 Å². The molecule has 0 saturated carbocycles. The average Bonchev–Trinajstić information content (AvgIpc) is 2.49. The summed E-state index contributed by atoms with van der Waals surface area (Å²) < 4.78 is 0. The second kappa shape index (κ2) is 3.02. The van der Waals surface area contributed by atoms with Gasteiger partial charge in [0.15, 0.2) is 0 Å². The Morgan fingerprint density at radius 2 is 2.00 bits per heavy atom. The Balaban J connectivity index is 2.41. The Labute approximate surface area is 80.3 Å². The van der Waals surface area contributed by atoms with Crippen LogP contribution in [0.5, 0.6) is 0 Å². The van der Waals surface area contributed by atoms with Crippen molar-refractivity contribution in [2.75, 3.05) is 0 Å². The summed E-state index contributed by atoms with van der Waals surface area (Å²) in [5, 5.41) is 0. The number of hydrogen-bond donors (Lipinski definition) is 0. The molecule has 0 N–H and O–H groups in total. The van der Waals surface area contributed by atoms with Gasteiger partial charge < -0.3 is 0 Å². The van der Waals surface area contributed by atoms with Crippen LogP contribution in [0.25, 0.3) is 0 Å². The third kappa shape index (κ3) is 1.41. The molecule has 0 amide bonds. The predicted octanol–water partition coefficient (Wildman–Crippen LogP) is 3.64. The largest absolute Gasteiger partial charge is 0.0729 e. The van der Waals surface area contributed by atoms with Gasteiger partial charge in [0.1, 0.15) is 0 Å². The maximum Gasteiger partial charge on any atom is 0.0237 e. The van der Waals surface area contributed by atoms with Gasteiger partial charge in [-0.05, 0) is 18.4 Å². The molecule has 1 atom stereocenters. The molecule has 0 saturated heterocycles. The predicted molar refractivity (Wildman–Crippen MR) is 57.4 cm³/mol. The van der Waals surface area contributed by atoms with Crippen molar-refractivity contribution < 1.29 is 0 Å². The number of rotatable bonds is 1. The van der Waals surface area contributed by atoms with Crippen LogP contribution in [0, 0.1) is 11.8 Å². The first-order valence-corrected chi connectivity index (χ1v) is 4.96. The van der Waals surface area contributed by atoms with Gasteiger partial charge in [0.05, 0.1) is 0 Å². The highest BCUT2D eigenvalue weighted by molar-refractivity contribution is 5.50. The molecule has 0 bridgehead atoms. The molecule has 0 nitrogen and oxygen atoms in total. The molecular formula is C13H16. The van der Waals surface area contributed by atoms with E-state index in [1.807, 2.05) is 0 Å². The topological polar surface area (TPSA) is 0 Å². The van der Waals surface area contributed by atoms with E-state index < -0.39 is 0 Å². The summed E-state index contributed by atoms with van der Waals surface area (Å²) in [5.41, 5.74) is 4.40. The Morgan fingerprint density at radius 3 is 2.69 bits per heavy atom. The molecule has 0 aromatic rings. The van der Waals surface area contributed by atoms with Gasteiger partial charge in [-0.3, -0.25) is 0 Å². The minimum absolute atomic E-state index is 0.573. The van der Waals surface area contributed by atoms with Crippen molar-refractivity contribution >= 4 is 0 Å². The Morgan fingerprint density at radius 1 is 1.23 bits per heavy atom. The first-order valence-electron chi connectivity index (χ1n) is 4.96. The normalized spacial score (nSPS) is 25.5. The molecule has 0 heterocycles. The summed E-state index contributed by atoms with van der Waals surface area (Å²) in [6.07, 6.45) is 11.3. The lowest BCUT2D eigenvalue weighted by Gasteiger charge is -2.23. The summed E-state index contributed by atoms with van der Waals surface area (Å²) in [4.78, 5) is 0. The van der Waals surface area contributed by atoms with Crippen LogP contribution >= 0.6 is 0 Å². The molecule has 2 aliphatic rings. The fourth-order valence-corrected chi connectivity index (χ4v) is 2.12. The highest BCUT2D eigenvalue weighted by Crippen LogP contribution is 2.36. The van der Waals surface area contributed by atoms with Crippen molar-refractivity contribution in [2.45, 2.75) is 20.8 Å². The van der Waals surface area contributed by atoms with E-state index in [0.717, 1.165) is 0 Å². The van der Waals surface area contributed by atoms with Crippen molar-refractivity contribution in [3.05, 3.63) is 47.1 Å². The summed E-state index contributed by atoms with van der Waals surface area (Å²) in [6, 6.07) is 0. The molecule has 1 unspecified atom stereocenters. The van der Waals surface area contributed by atoms with Crippen LogP contribution in [0.4, 0.5) is 0 Å². The SMILES string of the molecule is CC1=CC2=CC=CC2C(C(C)C)=C1. The molecule has 0 radical (unpaired) electrons. The van der Waals surface area contributed by atoms with Gasteiger partial charge in [-0.15, -0.1) is 0 Å². The second-order valence-electron chi connectivity index (χ2n) is 4.22. The lowest BCUT2D eigenvalue weighted by Crippen LogP contribution is -2.10. The maximum absolute atomic E-state index is 2.34. The summed E-state index contributed by atoms with van der Waals surface area (Å²) >= 11 is 0. The van der Waals surface area contributed by atoms with E-state index in [2.05, 4.69) is 51.2 Å². The van der Waals surface area contributed by atoms with Crippen LogP contribution in [-0.4, -0.2) is 0 Å². The average molecular weight is 172 g/mol. The van der Waals surface area contributed by atoms with Crippen LogP contribution in [-0.2, 0) is 0 Å². The first kappa shape index (κ1) is 8.55. The summed E-state index contributed by atoms with van der Waals surface area (Å²) in [7, 11) is 0. The zero-order valence-corrected chi connectivity index (χ0v) is 8.54. The number of allylic oxidation sites excluding steroid dienone is 8. The second-order valence-corrected chi connectivity index (χ2v) is 4.22. The fourth-order valence-electron chi connectivity index (χ4n) is 2.12. The molecular weight excluding hydrogens is 156 g/mol. The fraction of sp³-hybridized carbons (Fsp3) is 0.385. The van der Waals surface area contributed by atoms with Crippen LogP contribution < -0.4 is 0 Å². The van der Waals surface area contributed by atoms with E-state index in [-0.39, 0.29) is 0 Å². The smallest absolute Gasteiger partial charge is 0.0237 e. The van der Waals surface area contributed by atoms with Crippen molar-refractivity contribution in [3.8, 4) is 0 Å². The van der Waals surface area contributed by atoms with Crippen LogP contribution in [0.1, 0.15) is 20.8 Å². The van der Waals surface area contributed by atoms with Gasteiger partial charge in [-0.2, -0.15) is 0 Å². The Hall–Kier alpha value is -1.04. The quantitative estimate of drug-likeness (QED) is 0.566. The van der Waals surface area contributed by atoms with Crippen molar-refractivity contribution in [1.29, 1.82) is 0 Å². The molecule has 13 heavy (non-hydrogen) atoms. The molecule has 0 heteroatoms. The molecule has 68 valence electrons. The van der Waals surface area contributed by atoms with Gasteiger partial charge in [0, 0.05) is 5.92 Å². The molecule has 2 aliphatic carbocycles. The molecule has 0 fully saturated rings. The molecule has 2 rings (SSSR count). The lowest BCUT2D eigenvalue weighted by atomic mass is 9.81. The molecule has 0 aromatic carbocycles. The molecule has 0 aliphatic heterocycles. The Kier molecular flexibility index (Phi) is 1.99. The van der Waals surface area contributed by atoms with Gasteiger partial charge in [-0.25, -0.2) is 0 Å². The molecule has 0 aromatic heterocycles. The summed E-state index contributed by atoms with van der Waals surface area (Å²) in [5.74, 6) is 1.23. The highest BCUT2D eigenvalue weighted by Gasteiger charge is 2.22. The minimum atomic E-state index is 0.573. The van der Waals surface area contributed by atoms with E-state index in [1.165, 1.54) is 11.1 Å². The third-order valence-electron chi connectivity index (χ3n) is 2.77. The van der Waals surface area contributed by atoms with E-state index >= 15 is 0 Å². The van der Waals surface area contributed by atoms with Gasteiger partial charge in [0.2, 0.25) is 0 Å². The zero-order valence-electron chi connectivity index (χ0n) is 8.54. The van der Waals surface area contributed by atoms with Crippen LogP contribution in [0.15, 0.2) is 47.1 Å². The van der Waals surface area contributed by atoms with Gasteiger partial charge in [0.25, 0.3) is 0 Å². The monoisotopic (exact) mass is 172 g/mol. The van der Waals surface area contributed by atoms with Crippen LogP contribution in [0.3, 0.4) is 0 Å². The first-order chi connectivity index (χ1) is 6.18. The highest BCUT2D eigenvalue weighted by atomic mass is 14.3. The van der Waals surface area contributed by atoms with E-state index in [0.29, 0.717) is 11.8 Å². The third-order valence-corrected chi connectivity index (χ3v) is 2.77. The number of fused-ring (bicyclic) bond motifs is 1. The van der Waals surface area contributed by atoms with Gasteiger partial charge in [-0.1, -0.05) is 55.4 Å². The molecule has 0 spiro atoms.